The lowest BCUT2D eigenvalue weighted by Gasteiger charge is -2.33. The van der Waals surface area contributed by atoms with Gasteiger partial charge in [-0.25, -0.2) is 0 Å². The Morgan fingerprint density at radius 1 is 0.964 bits per heavy atom. The van der Waals surface area contributed by atoms with Gasteiger partial charge in [-0.15, -0.1) is 0 Å². The molecule has 4 rings (SSSR count). The van der Waals surface area contributed by atoms with Gasteiger partial charge in [-0.3, -0.25) is 4.79 Å². The fraction of sp³-hybridized carbons (Fsp3) is 0.348. The molecule has 2 heterocycles. The number of carbonyl (C=O) groups is 1. The van der Waals surface area contributed by atoms with Crippen LogP contribution in [0.1, 0.15) is 34.8 Å². The molecule has 0 unspecified atom stereocenters. The molecule has 146 valence electrons. The van der Waals surface area contributed by atoms with Crippen LogP contribution in [-0.4, -0.2) is 42.7 Å². The van der Waals surface area contributed by atoms with Crippen LogP contribution < -0.4 is 9.47 Å². The number of nitrogens with zero attached hydrogens (tertiary/aromatic N) is 2. The minimum atomic E-state index is -0.0233. The van der Waals surface area contributed by atoms with E-state index in [0.29, 0.717) is 23.0 Å². The Morgan fingerprint density at radius 2 is 1.61 bits per heavy atom. The Balaban J connectivity index is 1.53. The quantitative estimate of drug-likeness (QED) is 0.683. The molecule has 1 aliphatic heterocycles. The number of rotatable bonds is 4. The summed E-state index contributed by atoms with van der Waals surface area (Å²) in [7, 11) is 5.30. The van der Waals surface area contributed by atoms with Gasteiger partial charge in [0.1, 0.15) is 17.1 Å². The van der Waals surface area contributed by atoms with Crippen molar-refractivity contribution in [1.29, 1.82) is 0 Å². The van der Waals surface area contributed by atoms with Gasteiger partial charge in [0.15, 0.2) is 0 Å². The van der Waals surface area contributed by atoms with E-state index in [-0.39, 0.29) is 5.91 Å². The van der Waals surface area contributed by atoms with Gasteiger partial charge in [0.05, 0.1) is 14.2 Å². The molecular formula is C23H26N2O3. The van der Waals surface area contributed by atoms with Gasteiger partial charge >= 0.3 is 0 Å². The number of piperidine rings is 1. The smallest absolute Gasteiger partial charge is 0.261 e. The number of fused-ring (bicyclic) bond motifs is 1. The molecule has 1 saturated heterocycles. The first-order chi connectivity index (χ1) is 13.6. The number of para-hydroxylation sites is 1. The highest BCUT2D eigenvalue weighted by atomic mass is 16.5. The lowest BCUT2D eigenvalue weighted by molar-refractivity contribution is 0.0704. The zero-order chi connectivity index (χ0) is 19.7. The van der Waals surface area contributed by atoms with Gasteiger partial charge in [0.2, 0.25) is 0 Å². The largest absolute Gasteiger partial charge is 0.496 e. The Morgan fingerprint density at radius 3 is 2.21 bits per heavy atom. The molecule has 5 heteroatoms. The van der Waals surface area contributed by atoms with E-state index in [1.165, 1.54) is 16.6 Å². The average molecular weight is 378 g/mol. The van der Waals surface area contributed by atoms with Crippen molar-refractivity contribution in [1.82, 2.24) is 9.47 Å². The highest BCUT2D eigenvalue weighted by Crippen LogP contribution is 2.34. The molecule has 0 N–H and O–H groups in total. The summed E-state index contributed by atoms with van der Waals surface area (Å²) in [5, 5.41) is 1.28. The van der Waals surface area contributed by atoms with Crippen LogP contribution in [0.15, 0.2) is 48.5 Å². The van der Waals surface area contributed by atoms with Gasteiger partial charge < -0.3 is 18.9 Å². The summed E-state index contributed by atoms with van der Waals surface area (Å²) in [5.41, 5.74) is 3.12. The third-order valence-corrected chi connectivity index (χ3v) is 5.83. The number of hydrogen-bond acceptors (Lipinski definition) is 3. The first-order valence-electron chi connectivity index (χ1n) is 9.68. The van der Waals surface area contributed by atoms with Crippen LogP contribution in [0, 0.1) is 0 Å². The minimum absolute atomic E-state index is 0.0233. The third-order valence-electron chi connectivity index (χ3n) is 5.83. The van der Waals surface area contributed by atoms with Gasteiger partial charge in [-0.05, 0) is 42.5 Å². The fourth-order valence-electron chi connectivity index (χ4n) is 4.30. The summed E-state index contributed by atoms with van der Waals surface area (Å²) in [4.78, 5) is 15.1. The van der Waals surface area contributed by atoms with Crippen LogP contribution in [0.5, 0.6) is 11.5 Å². The highest BCUT2D eigenvalue weighted by Gasteiger charge is 2.29. The number of likely N-dealkylation sites (tertiary alicyclic amines) is 1. The second-order valence-corrected chi connectivity index (χ2v) is 7.29. The zero-order valence-electron chi connectivity index (χ0n) is 16.6. The van der Waals surface area contributed by atoms with E-state index in [9.17, 15) is 4.79 Å². The van der Waals surface area contributed by atoms with Crippen molar-refractivity contribution in [2.75, 3.05) is 27.3 Å². The number of ether oxygens (including phenoxy) is 2. The number of aromatic nitrogens is 1. The second kappa shape index (κ2) is 7.58. The molecule has 1 amide bonds. The van der Waals surface area contributed by atoms with Crippen molar-refractivity contribution in [3.8, 4) is 11.5 Å². The molecular weight excluding hydrogens is 352 g/mol. The van der Waals surface area contributed by atoms with Crippen LogP contribution in [0.3, 0.4) is 0 Å². The maximum atomic E-state index is 13.2. The average Bonchev–Trinajstić information content (AvgIpc) is 3.09. The number of amides is 1. The summed E-state index contributed by atoms with van der Waals surface area (Å²) in [6, 6.07) is 16.2. The van der Waals surface area contributed by atoms with Gasteiger partial charge in [0, 0.05) is 37.3 Å². The Hall–Kier alpha value is -2.95. The molecule has 0 aliphatic carbocycles. The van der Waals surface area contributed by atoms with E-state index in [0.717, 1.165) is 25.9 Å². The number of hydrogen-bond donors (Lipinski definition) is 0. The number of aryl methyl sites for hydroxylation is 1. The predicted octanol–water partition coefficient (Wildman–Crippen LogP) is 4.22. The van der Waals surface area contributed by atoms with Crippen molar-refractivity contribution >= 4 is 16.8 Å². The van der Waals surface area contributed by atoms with Crippen molar-refractivity contribution in [2.24, 2.45) is 7.05 Å². The molecule has 1 aliphatic rings. The van der Waals surface area contributed by atoms with Crippen molar-refractivity contribution in [2.45, 2.75) is 18.8 Å². The van der Waals surface area contributed by atoms with Crippen LogP contribution in [-0.2, 0) is 7.05 Å². The molecule has 2 aromatic carbocycles. The summed E-state index contributed by atoms with van der Waals surface area (Å²) in [6.45, 7) is 1.46. The minimum Gasteiger partial charge on any atom is -0.496 e. The molecule has 1 fully saturated rings. The van der Waals surface area contributed by atoms with E-state index in [2.05, 4.69) is 41.9 Å². The van der Waals surface area contributed by atoms with E-state index in [4.69, 9.17) is 9.47 Å². The first kappa shape index (κ1) is 18.4. The Labute approximate surface area is 165 Å². The van der Waals surface area contributed by atoms with Gasteiger partial charge in [-0.1, -0.05) is 24.3 Å². The molecule has 0 radical (unpaired) electrons. The molecule has 0 spiro atoms. The summed E-state index contributed by atoms with van der Waals surface area (Å²) in [6.07, 6.45) is 1.90. The second-order valence-electron chi connectivity index (χ2n) is 7.29. The molecule has 1 aromatic heterocycles. The molecule has 28 heavy (non-hydrogen) atoms. The summed E-state index contributed by atoms with van der Waals surface area (Å²) in [5.74, 6) is 1.55. The zero-order valence-corrected chi connectivity index (χ0v) is 16.6. The van der Waals surface area contributed by atoms with Crippen molar-refractivity contribution in [3.63, 3.8) is 0 Å². The molecule has 5 nitrogen and oxygen atoms in total. The fourth-order valence-corrected chi connectivity index (χ4v) is 4.30. The summed E-state index contributed by atoms with van der Waals surface area (Å²) < 4.78 is 13.1. The van der Waals surface area contributed by atoms with Crippen LogP contribution in [0.25, 0.3) is 10.9 Å². The van der Waals surface area contributed by atoms with Gasteiger partial charge in [0.25, 0.3) is 5.91 Å². The van der Waals surface area contributed by atoms with Crippen LogP contribution >= 0.6 is 0 Å². The van der Waals surface area contributed by atoms with E-state index < -0.39 is 0 Å². The SMILES string of the molecule is COc1cccc(OC)c1C(=O)N1CCC(c2cc3ccccc3n2C)CC1. The standard InChI is InChI=1S/C23H26N2O3/c1-24-18-8-5-4-7-17(18)15-19(24)16-11-13-25(14-12-16)23(26)22-20(27-2)9-6-10-21(22)28-3/h4-10,15-16H,11-14H2,1-3H3. The maximum Gasteiger partial charge on any atom is 0.261 e. The maximum absolute atomic E-state index is 13.2. The number of carbonyl (C=O) groups excluding carboxylic acids is 1. The Kier molecular flexibility index (Phi) is 4.99. The normalized spacial score (nSPS) is 15.0. The first-order valence-corrected chi connectivity index (χ1v) is 9.68. The lowest BCUT2D eigenvalue weighted by Crippen LogP contribution is -2.38. The topological polar surface area (TPSA) is 43.7 Å². The highest BCUT2D eigenvalue weighted by molar-refractivity contribution is 5.99. The van der Waals surface area contributed by atoms with E-state index >= 15 is 0 Å². The van der Waals surface area contributed by atoms with Crippen LogP contribution in [0.2, 0.25) is 0 Å². The van der Waals surface area contributed by atoms with Crippen molar-refractivity contribution in [3.05, 3.63) is 59.8 Å². The lowest BCUT2D eigenvalue weighted by atomic mass is 9.93. The Bertz CT molecular complexity index is 978. The number of methoxy groups -OCH3 is 2. The molecule has 0 atom stereocenters. The van der Waals surface area contributed by atoms with Crippen LogP contribution in [0.4, 0.5) is 0 Å². The molecule has 3 aromatic rings. The third kappa shape index (κ3) is 3.11. The predicted molar refractivity (Wildman–Crippen MR) is 110 cm³/mol. The molecule has 0 saturated carbocycles. The summed E-state index contributed by atoms with van der Waals surface area (Å²) >= 11 is 0. The van der Waals surface area contributed by atoms with Gasteiger partial charge in [-0.2, -0.15) is 0 Å². The van der Waals surface area contributed by atoms with E-state index in [1.54, 1.807) is 26.4 Å². The van der Waals surface area contributed by atoms with Crippen molar-refractivity contribution < 1.29 is 14.3 Å². The molecule has 0 bridgehead atoms. The monoisotopic (exact) mass is 378 g/mol. The van der Waals surface area contributed by atoms with E-state index in [1.807, 2.05) is 11.0 Å². The number of benzene rings is 2.